The van der Waals surface area contributed by atoms with Crippen LogP contribution in [0.25, 0.3) is 0 Å². The monoisotopic (exact) mass is 220 g/mol. The van der Waals surface area contributed by atoms with Gasteiger partial charge in [0.05, 0.1) is 0 Å². The van der Waals surface area contributed by atoms with Crippen molar-refractivity contribution < 1.29 is 4.79 Å². The predicted octanol–water partition coefficient (Wildman–Crippen LogP) is 3.24. The van der Waals surface area contributed by atoms with Gasteiger partial charge in [-0.3, -0.25) is 4.79 Å². The molecule has 0 saturated carbocycles. The van der Waals surface area contributed by atoms with Crippen LogP contribution in [0.15, 0.2) is 24.3 Å². The van der Waals surface area contributed by atoms with Crippen LogP contribution < -0.4 is 0 Å². The molecule has 2 rings (SSSR count). The molecule has 2 heteroatoms. The molecule has 0 fully saturated rings. The van der Waals surface area contributed by atoms with E-state index in [1.54, 1.807) is 6.92 Å². The lowest BCUT2D eigenvalue weighted by atomic mass is 9.96. The number of fused-ring (bicyclic) bond motifs is 1. The number of rotatable bonds is 2. The van der Waals surface area contributed by atoms with Gasteiger partial charge in [0, 0.05) is 12.7 Å². The summed E-state index contributed by atoms with van der Waals surface area (Å²) in [5.41, 5.74) is 2.93. The van der Waals surface area contributed by atoms with Crippen LogP contribution in [0, 0.1) is 5.92 Å². The fraction of sp³-hybridized carbons (Fsp3) is 0.462. The Kier molecular flexibility index (Phi) is 3.15. The van der Waals surface area contributed by atoms with Gasteiger partial charge in [-0.2, -0.15) is 0 Å². The quantitative estimate of drug-likeness (QED) is 0.761. The van der Waals surface area contributed by atoms with Crippen LogP contribution in [0.4, 0.5) is 0 Å². The van der Waals surface area contributed by atoms with Crippen molar-refractivity contribution in [2.45, 2.75) is 26.2 Å². The zero-order valence-electron chi connectivity index (χ0n) is 9.19. The molecule has 0 spiro atoms. The molecule has 0 heterocycles. The van der Waals surface area contributed by atoms with Gasteiger partial charge in [0.25, 0.3) is 0 Å². The fourth-order valence-electron chi connectivity index (χ4n) is 2.34. The van der Waals surface area contributed by atoms with Gasteiger partial charge in [-0.1, -0.05) is 43.0 Å². The second-order valence-electron chi connectivity index (χ2n) is 4.29. The maximum absolute atomic E-state index is 11.0. The summed E-state index contributed by atoms with van der Waals surface area (Å²) >= 11 is 1.46. The van der Waals surface area contributed by atoms with Crippen LogP contribution in [0.3, 0.4) is 0 Å². The van der Waals surface area contributed by atoms with E-state index in [-0.39, 0.29) is 5.12 Å². The van der Waals surface area contributed by atoms with E-state index < -0.39 is 0 Å². The van der Waals surface area contributed by atoms with Crippen molar-refractivity contribution in [1.29, 1.82) is 0 Å². The second-order valence-corrected chi connectivity index (χ2v) is 5.49. The van der Waals surface area contributed by atoms with Crippen molar-refractivity contribution >= 4 is 16.9 Å². The third-order valence-electron chi connectivity index (χ3n) is 3.15. The van der Waals surface area contributed by atoms with Crippen molar-refractivity contribution in [2.24, 2.45) is 5.92 Å². The molecule has 80 valence electrons. The Morgan fingerprint density at radius 1 is 1.47 bits per heavy atom. The van der Waals surface area contributed by atoms with Crippen molar-refractivity contribution in [3.63, 3.8) is 0 Å². The molecule has 2 atom stereocenters. The molecule has 0 aromatic heterocycles. The van der Waals surface area contributed by atoms with Gasteiger partial charge in [0.15, 0.2) is 5.12 Å². The maximum atomic E-state index is 11.0. The van der Waals surface area contributed by atoms with Crippen LogP contribution in [0.5, 0.6) is 0 Å². The molecule has 15 heavy (non-hydrogen) atoms. The molecular formula is C13H16OS. The van der Waals surface area contributed by atoms with Crippen LogP contribution in [0.1, 0.15) is 30.9 Å². The molecule has 1 aliphatic carbocycles. The van der Waals surface area contributed by atoms with E-state index in [1.807, 2.05) is 0 Å². The Morgan fingerprint density at radius 3 is 2.93 bits per heavy atom. The summed E-state index contributed by atoms with van der Waals surface area (Å²) in [6.45, 7) is 3.93. The lowest BCUT2D eigenvalue weighted by Gasteiger charge is -2.15. The molecule has 0 N–H and O–H groups in total. The highest BCUT2D eigenvalue weighted by Crippen LogP contribution is 2.39. The highest BCUT2D eigenvalue weighted by molar-refractivity contribution is 8.13. The summed E-state index contributed by atoms with van der Waals surface area (Å²) in [6, 6.07) is 8.63. The number of benzene rings is 1. The van der Waals surface area contributed by atoms with Gasteiger partial charge < -0.3 is 0 Å². The number of thioether (sulfide) groups is 1. The molecule has 0 radical (unpaired) electrons. The minimum atomic E-state index is 0.228. The Labute approximate surface area is 95.3 Å². The molecule has 0 aliphatic heterocycles. The average Bonchev–Trinajstić information content (AvgIpc) is 2.50. The zero-order valence-corrected chi connectivity index (χ0v) is 10.0. The predicted molar refractivity (Wildman–Crippen MR) is 65.2 cm³/mol. The van der Waals surface area contributed by atoms with E-state index >= 15 is 0 Å². The largest absolute Gasteiger partial charge is 0.288 e. The number of carbonyl (C=O) groups is 1. The Bertz CT molecular complexity index is 373. The standard InChI is InChI=1S/C13H16OS/c1-9-7-11-5-3-4-6-12(11)13(9)8-15-10(2)14/h3-6,9,13H,7-8H2,1-2H3/t9-,13+/m1/s1. The van der Waals surface area contributed by atoms with E-state index in [0.717, 1.165) is 5.75 Å². The molecule has 0 bridgehead atoms. The van der Waals surface area contributed by atoms with E-state index in [9.17, 15) is 4.79 Å². The molecule has 0 saturated heterocycles. The van der Waals surface area contributed by atoms with Crippen LogP contribution >= 0.6 is 11.8 Å². The Morgan fingerprint density at radius 2 is 2.20 bits per heavy atom. The summed E-state index contributed by atoms with van der Waals surface area (Å²) < 4.78 is 0. The summed E-state index contributed by atoms with van der Waals surface area (Å²) in [5.74, 6) is 2.18. The van der Waals surface area contributed by atoms with Crippen LogP contribution in [0.2, 0.25) is 0 Å². The van der Waals surface area contributed by atoms with E-state index in [2.05, 4.69) is 31.2 Å². The first-order valence-corrected chi connectivity index (χ1v) is 6.38. The van der Waals surface area contributed by atoms with Gasteiger partial charge in [-0.05, 0) is 29.4 Å². The highest BCUT2D eigenvalue weighted by atomic mass is 32.2. The van der Waals surface area contributed by atoms with Gasteiger partial charge in [0.1, 0.15) is 0 Å². The molecule has 0 amide bonds. The number of carbonyl (C=O) groups excluding carboxylic acids is 1. The average molecular weight is 220 g/mol. The topological polar surface area (TPSA) is 17.1 Å². The first kappa shape index (κ1) is 10.7. The Balaban J connectivity index is 2.15. The summed E-state index contributed by atoms with van der Waals surface area (Å²) in [5, 5.41) is 0.228. The van der Waals surface area contributed by atoms with Gasteiger partial charge in [-0.15, -0.1) is 0 Å². The molecule has 1 aliphatic rings. The number of hydrogen-bond donors (Lipinski definition) is 0. The van der Waals surface area contributed by atoms with Gasteiger partial charge in [0.2, 0.25) is 0 Å². The first-order valence-electron chi connectivity index (χ1n) is 5.39. The Hall–Kier alpha value is -0.760. The smallest absolute Gasteiger partial charge is 0.185 e. The minimum absolute atomic E-state index is 0.228. The summed E-state index contributed by atoms with van der Waals surface area (Å²) in [4.78, 5) is 11.0. The molecule has 1 aromatic rings. The van der Waals surface area contributed by atoms with Crippen molar-refractivity contribution in [3.05, 3.63) is 35.4 Å². The normalized spacial score (nSPS) is 23.9. The minimum Gasteiger partial charge on any atom is -0.288 e. The summed E-state index contributed by atoms with van der Waals surface area (Å²) in [7, 11) is 0. The lowest BCUT2D eigenvalue weighted by molar-refractivity contribution is -0.109. The van der Waals surface area contributed by atoms with Crippen LogP contribution in [-0.2, 0) is 11.2 Å². The second kappa shape index (κ2) is 4.40. The SMILES string of the molecule is CC(=O)SC[C@@H]1c2ccccc2C[C@H]1C. The fourth-order valence-corrected chi connectivity index (χ4v) is 3.26. The van der Waals surface area contributed by atoms with Gasteiger partial charge in [-0.25, -0.2) is 0 Å². The van der Waals surface area contributed by atoms with E-state index in [4.69, 9.17) is 0 Å². The molecule has 1 aromatic carbocycles. The maximum Gasteiger partial charge on any atom is 0.185 e. The van der Waals surface area contributed by atoms with Crippen molar-refractivity contribution in [1.82, 2.24) is 0 Å². The zero-order chi connectivity index (χ0) is 10.8. The van der Waals surface area contributed by atoms with Gasteiger partial charge >= 0.3 is 0 Å². The van der Waals surface area contributed by atoms with E-state index in [1.165, 1.54) is 29.3 Å². The molecule has 0 unspecified atom stereocenters. The van der Waals surface area contributed by atoms with Crippen LogP contribution in [-0.4, -0.2) is 10.9 Å². The highest BCUT2D eigenvalue weighted by Gasteiger charge is 2.28. The van der Waals surface area contributed by atoms with E-state index in [0.29, 0.717) is 11.8 Å². The summed E-state index contributed by atoms with van der Waals surface area (Å²) in [6.07, 6.45) is 1.17. The third kappa shape index (κ3) is 2.25. The first-order chi connectivity index (χ1) is 7.18. The number of hydrogen-bond acceptors (Lipinski definition) is 2. The lowest BCUT2D eigenvalue weighted by Crippen LogP contribution is -2.07. The molecule has 1 nitrogen and oxygen atoms in total. The third-order valence-corrected chi connectivity index (χ3v) is 4.08. The van der Waals surface area contributed by atoms with Crippen molar-refractivity contribution in [2.75, 3.05) is 5.75 Å². The van der Waals surface area contributed by atoms with Crippen molar-refractivity contribution in [3.8, 4) is 0 Å². The molecular weight excluding hydrogens is 204 g/mol.